The standard InChI is InChI=1S/C11H23NO2/c1-9(2)6-5-7-12-8-11(3,4)10(13)14/h9,12H,5-8H2,1-4H3,(H,13,14). The Labute approximate surface area is 86.9 Å². The summed E-state index contributed by atoms with van der Waals surface area (Å²) in [5.41, 5.74) is -0.655. The van der Waals surface area contributed by atoms with Gasteiger partial charge in [0, 0.05) is 6.54 Å². The second-order valence-electron chi connectivity index (χ2n) is 4.90. The molecule has 0 saturated heterocycles. The van der Waals surface area contributed by atoms with Gasteiger partial charge in [0.15, 0.2) is 0 Å². The molecule has 0 aliphatic rings. The summed E-state index contributed by atoms with van der Waals surface area (Å²) in [5, 5.41) is 12.0. The molecule has 0 aromatic carbocycles. The predicted molar refractivity (Wildman–Crippen MR) is 58.4 cm³/mol. The average Bonchev–Trinajstić information content (AvgIpc) is 2.02. The van der Waals surface area contributed by atoms with E-state index in [1.165, 1.54) is 6.42 Å². The van der Waals surface area contributed by atoms with Crippen molar-refractivity contribution in [3.63, 3.8) is 0 Å². The van der Waals surface area contributed by atoms with Crippen LogP contribution in [0.3, 0.4) is 0 Å². The van der Waals surface area contributed by atoms with E-state index in [1.807, 2.05) is 0 Å². The number of aliphatic carboxylic acids is 1. The highest BCUT2D eigenvalue weighted by Gasteiger charge is 2.25. The summed E-state index contributed by atoms with van der Waals surface area (Å²) in [6.07, 6.45) is 2.31. The zero-order chi connectivity index (χ0) is 11.2. The number of nitrogens with one attached hydrogen (secondary N) is 1. The lowest BCUT2D eigenvalue weighted by atomic mass is 9.94. The fourth-order valence-corrected chi connectivity index (χ4v) is 1.11. The lowest BCUT2D eigenvalue weighted by Gasteiger charge is -2.19. The summed E-state index contributed by atoms with van der Waals surface area (Å²) in [7, 11) is 0. The van der Waals surface area contributed by atoms with Crippen molar-refractivity contribution in [2.75, 3.05) is 13.1 Å². The fraction of sp³-hybridized carbons (Fsp3) is 0.909. The summed E-state index contributed by atoms with van der Waals surface area (Å²) in [4.78, 5) is 10.8. The first-order chi connectivity index (χ1) is 6.36. The lowest BCUT2D eigenvalue weighted by molar-refractivity contribution is -0.146. The topological polar surface area (TPSA) is 49.3 Å². The van der Waals surface area contributed by atoms with Gasteiger partial charge in [-0.15, -0.1) is 0 Å². The number of hydrogen-bond acceptors (Lipinski definition) is 2. The van der Waals surface area contributed by atoms with Crippen molar-refractivity contribution in [3.8, 4) is 0 Å². The molecule has 0 aromatic heterocycles. The molecule has 0 spiro atoms. The molecule has 0 aliphatic carbocycles. The Bertz CT molecular complexity index is 176. The van der Waals surface area contributed by atoms with Crippen LogP contribution in [0.25, 0.3) is 0 Å². The van der Waals surface area contributed by atoms with Gasteiger partial charge in [-0.25, -0.2) is 0 Å². The second-order valence-corrected chi connectivity index (χ2v) is 4.90. The first kappa shape index (κ1) is 13.4. The Balaban J connectivity index is 3.49. The maximum absolute atomic E-state index is 10.8. The van der Waals surface area contributed by atoms with Crippen LogP contribution in [0.5, 0.6) is 0 Å². The maximum Gasteiger partial charge on any atom is 0.310 e. The zero-order valence-corrected chi connectivity index (χ0v) is 9.76. The van der Waals surface area contributed by atoms with E-state index in [9.17, 15) is 4.79 Å². The first-order valence-electron chi connectivity index (χ1n) is 5.30. The average molecular weight is 201 g/mol. The third kappa shape index (κ3) is 5.97. The van der Waals surface area contributed by atoms with Gasteiger partial charge < -0.3 is 10.4 Å². The van der Waals surface area contributed by atoms with Crippen LogP contribution in [0.2, 0.25) is 0 Å². The molecule has 0 aliphatic heterocycles. The molecule has 14 heavy (non-hydrogen) atoms. The van der Waals surface area contributed by atoms with Crippen LogP contribution in [0.15, 0.2) is 0 Å². The quantitative estimate of drug-likeness (QED) is 0.620. The number of carboxylic acid groups (broad SMARTS) is 1. The van der Waals surface area contributed by atoms with Crippen molar-refractivity contribution in [2.45, 2.75) is 40.5 Å². The van der Waals surface area contributed by atoms with Crippen LogP contribution in [-0.2, 0) is 4.79 Å². The molecule has 0 rings (SSSR count). The molecule has 2 N–H and O–H groups in total. The molecule has 0 aromatic rings. The molecule has 0 atom stereocenters. The van der Waals surface area contributed by atoms with Crippen LogP contribution in [-0.4, -0.2) is 24.2 Å². The third-order valence-electron chi connectivity index (χ3n) is 2.28. The molecule has 0 heterocycles. The van der Waals surface area contributed by atoms with Crippen LogP contribution in [0.1, 0.15) is 40.5 Å². The Kier molecular flexibility index (Phi) is 5.77. The highest BCUT2D eigenvalue weighted by atomic mass is 16.4. The summed E-state index contributed by atoms with van der Waals surface area (Å²) in [6.45, 7) is 9.33. The molecule has 0 saturated carbocycles. The van der Waals surface area contributed by atoms with E-state index in [2.05, 4.69) is 19.2 Å². The minimum Gasteiger partial charge on any atom is -0.481 e. The normalized spacial score (nSPS) is 12.1. The van der Waals surface area contributed by atoms with Crippen molar-refractivity contribution in [1.29, 1.82) is 0 Å². The van der Waals surface area contributed by atoms with E-state index in [0.29, 0.717) is 6.54 Å². The van der Waals surface area contributed by atoms with E-state index in [-0.39, 0.29) is 0 Å². The Morgan fingerprint density at radius 2 is 2.00 bits per heavy atom. The highest BCUT2D eigenvalue weighted by Crippen LogP contribution is 2.13. The molecule has 3 heteroatoms. The minimum absolute atomic E-state index is 0.542. The third-order valence-corrected chi connectivity index (χ3v) is 2.28. The van der Waals surface area contributed by atoms with E-state index in [1.54, 1.807) is 13.8 Å². The number of rotatable bonds is 7. The molecular formula is C11H23NO2. The lowest BCUT2D eigenvalue weighted by Crippen LogP contribution is -2.36. The summed E-state index contributed by atoms with van der Waals surface area (Å²) < 4.78 is 0. The van der Waals surface area contributed by atoms with Gasteiger partial charge in [-0.2, -0.15) is 0 Å². The van der Waals surface area contributed by atoms with E-state index >= 15 is 0 Å². The Hall–Kier alpha value is -0.570. The van der Waals surface area contributed by atoms with Gasteiger partial charge in [0.2, 0.25) is 0 Å². The van der Waals surface area contributed by atoms with Crippen molar-refractivity contribution < 1.29 is 9.90 Å². The maximum atomic E-state index is 10.8. The second kappa shape index (κ2) is 6.02. The molecule has 0 amide bonds. The van der Waals surface area contributed by atoms with Gasteiger partial charge >= 0.3 is 5.97 Å². The number of carboxylic acids is 1. The zero-order valence-electron chi connectivity index (χ0n) is 9.76. The smallest absolute Gasteiger partial charge is 0.310 e. The van der Waals surface area contributed by atoms with E-state index in [4.69, 9.17) is 5.11 Å². The largest absolute Gasteiger partial charge is 0.481 e. The summed E-state index contributed by atoms with van der Waals surface area (Å²) in [5.74, 6) is -0.0156. The van der Waals surface area contributed by atoms with Crippen LogP contribution >= 0.6 is 0 Å². The Morgan fingerprint density at radius 3 is 2.43 bits per heavy atom. The molecule has 0 fully saturated rings. The fourth-order valence-electron chi connectivity index (χ4n) is 1.11. The van der Waals surface area contributed by atoms with Crippen LogP contribution in [0.4, 0.5) is 0 Å². The molecule has 0 unspecified atom stereocenters. The highest BCUT2D eigenvalue weighted by molar-refractivity contribution is 5.73. The van der Waals surface area contributed by atoms with Crippen LogP contribution in [0, 0.1) is 11.3 Å². The van der Waals surface area contributed by atoms with Gasteiger partial charge in [0.25, 0.3) is 0 Å². The first-order valence-corrected chi connectivity index (χ1v) is 5.30. The number of carbonyl (C=O) groups is 1. The van der Waals surface area contributed by atoms with Gasteiger partial charge in [-0.1, -0.05) is 13.8 Å². The number of hydrogen-bond donors (Lipinski definition) is 2. The molecule has 84 valence electrons. The summed E-state index contributed by atoms with van der Waals surface area (Å²) >= 11 is 0. The van der Waals surface area contributed by atoms with Gasteiger partial charge in [-0.05, 0) is 39.2 Å². The van der Waals surface area contributed by atoms with Crippen molar-refractivity contribution in [3.05, 3.63) is 0 Å². The molecule has 0 bridgehead atoms. The minimum atomic E-state index is -0.742. The van der Waals surface area contributed by atoms with Gasteiger partial charge in [0.1, 0.15) is 0 Å². The van der Waals surface area contributed by atoms with Crippen molar-refractivity contribution in [2.24, 2.45) is 11.3 Å². The van der Waals surface area contributed by atoms with Gasteiger partial charge in [0.05, 0.1) is 5.41 Å². The van der Waals surface area contributed by atoms with Crippen LogP contribution < -0.4 is 5.32 Å². The van der Waals surface area contributed by atoms with Crippen molar-refractivity contribution in [1.82, 2.24) is 5.32 Å². The molecular weight excluding hydrogens is 178 g/mol. The van der Waals surface area contributed by atoms with Crippen molar-refractivity contribution >= 4 is 5.97 Å². The summed E-state index contributed by atoms with van der Waals surface area (Å²) in [6, 6.07) is 0. The predicted octanol–water partition coefficient (Wildman–Crippen LogP) is 2.12. The Morgan fingerprint density at radius 1 is 1.43 bits per heavy atom. The monoisotopic (exact) mass is 201 g/mol. The van der Waals surface area contributed by atoms with E-state index in [0.717, 1.165) is 18.9 Å². The molecule has 0 radical (unpaired) electrons. The SMILES string of the molecule is CC(C)CCCNCC(C)(C)C(=O)O. The van der Waals surface area contributed by atoms with Gasteiger partial charge in [-0.3, -0.25) is 4.79 Å². The molecule has 3 nitrogen and oxygen atoms in total. The van der Waals surface area contributed by atoms with E-state index < -0.39 is 11.4 Å².